The minimum absolute atomic E-state index is 0.107. The van der Waals surface area contributed by atoms with Gasteiger partial charge in [-0.15, -0.1) is 0 Å². The van der Waals surface area contributed by atoms with Gasteiger partial charge >= 0.3 is 23.9 Å². The van der Waals surface area contributed by atoms with E-state index in [0.717, 1.165) is 192 Å². The lowest BCUT2D eigenvalue weighted by atomic mass is 9.87. The maximum atomic E-state index is 11.8. The number of hydrogen-bond donors (Lipinski definition) is 1. The van der Waals surface area contributed by atoms with E-state index < -0.39 is 23.1 Å². The minimum atomic E-state index is -1.17. The predicted molar refractivity (Wildman–Crippen MR) is 582 cm³/mol. The fourth-order valence-electron chi connectivity index (χ4n) is 10.6. The molecule has 1 heterocycles. The summed E-state index contributed by atoms with van der Waals surface area (Å²) in [6.45, 7) is 45.3. The zero-order valence-electron chi connectivity index (χ0n) is 87.4. The van der Waals surface area contributed by atoms with Gasteiger partial charge in [0.2, 0.25) is 0 Å². The molecule has 1 fully saturated rings. The number of rotatable bonds is 59. The molecule has 0 spiro atoms. The van der Waals surface area contributed by atoms with Crippen LogP contribution >= 0.6 is 21.6 Å². The molecule has 742 valence electrons. The molecular weight excluding hydrogens is 1670 g/mol. The molecule has 0 saturated carbocycles. The molecule has 1 aliphatic rings. The molecule has 0 radical (unpaired) electrons. The van der Waals surface area contributed by atoms with Crippen molar-refractivity contribution in [3.63, 3.8) is 0 Å². The number of carboxylic acids is 1. The van der Waals surface area contributed by atoms with Crippen LogP contribution in [0.5, 0.6) is 0 Å². The predicted octanol–water partition coefficient (Wildman–Crippen LogP) is 35.6. The summed E-state index contributed by atoms with van der Waals surface area (Å²) in [6, 6.07) is 0. The number of allylic oxidation sites excluding steroid dienone is 43. The zero-order valence-corrected chi connectivity index (χ0v) is 89.0. The molecule has 1 atom stereocenters. The van der Waals surface area contributed by atoms with Gasteiger partial charge in [-0.05, 0) is 255 Å². The van der Waals surface area contributed by atoms with E-state index in [1.54, 1.807) is 20.8 Å². The third-order valence-corrected chi connectivity index (χ3v) is 21.4. The van der Waals surface area contributed by atoms with Crippen LogP contribution in [0.15, 0.2) is 279 Å². The largest absolute Gasteiger partial charge is 0.478 e. The SMILES string of the molecule is CC(C)(C)C(=O)CCCC[C@]1(C)CCSS1.CC(C)(C)OC(=O)/C=C/C(=O)O.CC/C=C\C/C=C\C/C=C\C/C=C\C/C=C\C/C=C\CC(=O)C(C)(C)C.CC/C=C\C/C=C\C/C=C\C/C=C\C/C=C\C/C=C\CC(=O)OC(C)(C)C.CC/C=C\C/C=C\C/C=C\C/C=C\C/C=C\CCCC(=O)C(C)(C)C.CC/C=C\C/C=C\C/C=C\C/C=C\C/C=C\CCCC(=O)OC(C)(C)C. The molecule has 0 bridgehead atoms. The molecule has 132 heavy (non-hydrogen) atoms. The van der Waals surface area contributed by atoms with Crippen molar-refractivity contribution in [3.8, 4) is 0 Å². The highest BCUT2D eigenvalue weighted by atomic mass is 33.1. The topological polar surface area (TPSA) is 167 Å². The third kappa shape index (κ3) is 114. The first kappa shape index (κ1) is 132. The third-order valence-electron chi connectivity index (χ3n) is 18.1. The summed E-state index contributed by atoms with van der Waals surface area (Å²) in [5.41, 5.74) is -1.95. The molecule has 1 rings (SSSR count). The van der Waals surface area contributed by atoms with E-state index in [-0.39, 0.29) is 39.6 Å². The van der Waals surface area contributed by atoms with E-state index in [0.29, 0.717) is 42.0 Å². The molecule has 11 nitrogen and oxygen atoms in total. The molecule has 1 saturated heterocycles. The van der Waals surface area contributed by atoms with Gasteiger partial charge in [0.25, 0.3) is 0 Å². The summed E-state index contributed by atoms with van der Waals surface area (Å²) >= 11 is 0. The van der Waals surface area contributed by atoms with Gasteiger partial charge < -0.3 is 19.3 Å². The number of unbranched alkanes of at least 4 members (excludes halogenated alkanes) is 3. The van der Waals surface area contributed by atoms with Crippen LogP contribution in [0.3, 0.4) is 0 Å². The Bertz CT molecular complexity index is 3680. The summed E-state index contributed by atoms with van der Waals surface area (Å²) in [6.07, 6.45) is 131. The summed E-state index contributed by atoms with van der Waals surface area (Å²) < 4.78 is 15.8. The van der Waals surface area contributed by atoms with E-state index in [9.17, 15) is 33.6 Å². The monoisotopic (exact) mass is 1860 g/mol. The van der Waals surface area contributed by atoms with E-state index in [1.807, 2.05) is 144 Å². The van der Waals surface area contributed by atoms with E-state index in [4.69, 9.17) is 19.3 Å². The summed E-state index contributed by atoms with van der Waals surface area (Å²) in [5, 5.41) is 8.17. The molecule has 1 N–H and O–H groups in total. The molecule has 13 heteroatoms. The number of carbonyl (C=O) groups is 7. The lowest BCUT2D eigenvalue weighted by Crippen LogP contribution is -2.23. The minimum Gasteiger partial charge on any atom is -0.478 e. The highest BCUT2D eigenvalue weighted by Crippen LogP contribution is 2.49. The number of carbonyl (C=O) groups excluding carboxylic acids is 6. The molecule has 0 unspecified atom stereocenters. The average Bonchev–Trinajstić information content (AvgIpc) is 1.76. The van der Waals surface area contributed by atoms with Crippen molar-refractivity contribution in [3.05, 3.63) is 279 Å². The van der Waals surface area contributed by atoms with E-state index in [1.165, 1.54) is 25.0 Å². The smallest absolute Gasteiger partial charge is 0.331 e. The second kappa shape index (κ2) is 90.4. The molecular formula is C119H188O11S2. The second-order valence-electron chi connectivity index (χ2n) is 38.1. The Balaban J connectivity index is -0.000000497. The molecule has 0 aromatic heterocycles. The van der Waals surface area contributed by atoms with Crippen molar-refractivity contribution in [2.24, 2.45) is 16.2 Å². The number of aliphatic carboxylic acids is 1. The number of Topliss-reactive ketones (excluding diaryl/α,β-unsaturated/α-hetero) is 3. The molecule has 1 aliphatic heterocycles. The number of hydrogen-bond acceptors (Lipinski definition) is 12. The summed E-state index contributed by atoms with van der Waals surface area (Å²) in [5.74, 6) is 0.254. The summed E-state index contributed by atoms with van der Waals surface area (Å²) in [4.78, 5) is 79.1. The van der Waals surface area contributed by atoms with Crippen LogP contribution in [0.1, 0.15) is 384 Å². The van der Waals surface area contributed by atoms with Crippen LogP contribution in [0, 0.1) is 16.2 Å². The van der Waals surface area contributed by atoms with Gasteiger partial charge in [0.1, 0.15) is 34.2 Å². The average molecular weight is 1860 g/mol. The number of carboxylic acid groups (broad SMARTS) is 1. The molecule has 0 aromatic carbocycles. The first-order valence-corrected chi connectivity index (χ1v) is 51.6. The number of ketones is 3. The van der Waals surface area contributed by atoms with Crippen molar-refractivity contribution in [1.29, 1.82) is 0 Å². The normalized spacial score (nSPS) is 14.8. The first-order chi connectivity index (χ1) is 62.5. The summed E-state index contributed by atoms with van der Waals surface area (Å²) in [7, 11) is 4.04. The lowest BCUT2D eigenvalue weighted by Gasteiger charge is -2.21. The van der Waals surface area contributed by atoms with E-state index >= 15 is 0 Å². The maximum absolute atomic E-state index is 11.8. The van der Waals surface area contributed by atoms with Gasteiger partial charge in [-0.25, -0.2) is 9.59 Å². The van der Waals surface area contributed by atoms with Gasteiger partial charge in [0, 0.05) is 64.6 Å². The van der Waals surface area contributed by atoms with Crippen LogP contribution < -0.4 is 0 Å². The van der Waals surface area contributed by atoms with Crippen LogP contribution in [-0.4, -0.2) is 73.6 Å². The van der Waals surface area contributed by atoms with Crippen LogP contribution in [0.2, 0.25) is 0 Å². The van der Waals surface area contributed by atoms with Gasteiger partial charge in [-0.3, -0.25) is 24.0 Å². The number of esters is 3. The van der Waals surface area contributed by atoms with Gasteiger partial charge in [-0.1, -0.05) is 385 Å². The fourth-order valence-corrected chi connectivity index (χ4v) is 13.9. The van der Waals surface area contributed by atoms with Gasteiger partial charge in [0.05, 0.1) is 6.42 Å². The van der Waals surface area contributed by atoms with Crippen molar-refractivity contribution in [2.75, 3.05) is 5.75 Å². The van der Waals surface area contributed by atoms with Crippen molar-refractivity contribution < 1.29 is 52.9 Å². The molecule has 0 aliphatic carbocycles. The van der Waals surface area contributed by atoms with Crippen LogP contribution in [0.25, 0.3) is 0 Å². The molecule has 0 aromatic rings. The molecule has 0 amide bonds. The van der Waals surface area contributed by atoms with Crippen molar-refractivity contribution in [2.45, 2.75) is 406 Å². The van der Waals surface area contributed by atoms with Crippen LogP contribution in [-0.2, 0) is 47.8 Å². The zero-order chi connectivity index (χ0) is 100. The highest BCUT2D eigenvalue weighted by Gasteiger charge is 2.30. The highest BCUT2D eigenvalue weighted by molar-refractivity contribution is 8.77. The maximum Gasteiger partial charge on any atom is 0.331 e. The number of ether oxygens (including phenoxy) is 3. The standard InChI is InChI=1S/C25H38O2.C25H38O.C24H38O2.C24H38O.C13H24OS2.C8H12O4/c1-5-6-7-8-9-10-11-12-13-14-15-16-17-18-19-20-21-22-23-24(26)27-25(2,3)4;1-5-6-7-8-9-10-11-12-13-14-15-16-17-18-19-20-21-22-23-24(26)25(2,3)4;1-5-6-7-8-9-10-11-12-13-14-15-16-17-18-19-20-21-22-23(25)26-24(2,3)4;1-5-6-7-8-9-10-11-12-13-14-15-16-17-18-19-20-21-22-23(25)24(2,3)4;1-12(2,3)11(14)7-5-6-8-13(4)9-10-15-16-13;1-8(2,3)12-7(11)5-4-6(9)10/h6-7,9-10,12-13,15-16,18-19,21-22H,5,8,11,14,17,20,23H2,1-4H3;6-7,9-10,12-13,15-16,18-19,21-22H,5,8,11,14,17,20,23H2,1-4H3;6-7,9-10,12-13,15-16,18-19H,5,8,11,14,17,20-22H2,1-4H3;6-7,9-10,12-13,15-16,18-19H,5,8,11,14,17,20-22H2,1-4H3;5-10H2,1-4H3;4-5H,1-3H3,(H,9,10)/b2*7-6-,10-9-,13-12-,16-15-,19-18-,22-21-;2*7-6-,10-9-,13-12-,16-15-,19-18-;;5-4+/t;;;;13-;/m....1./s1. The Hall–Kier alpha value is -8.39. The fraction of sp³-hybridized carbons (Fsp3) is 0.555. The van der Waals surface area contributed by atoms with Crippen molar-refractivity contribution in [1.82, 2.24) is 0 Å². The lowest BCUT2D eigenvalue weighted by molar-refractivity contribution is -0.155. The van der Waals surface area contributed by atoms with Crippen LogP contribution in [0.4, 0.5) is 0 Å². The Kier molecular flexibility index (Phi) is 90.5. The Morgan fingerprint density at radius 1 is 0.280 bits per heavy atom. The van der Waals surface area contributed by atoms with E-state index in [2.05, 4.69) is 284 Å². The Morgan fingerprint density at radius 2 is 0.523 bits per heavy atom. The van der Waals surface area contributed by atoms with Gasteiger partial charge in [0.15, 0.2) is 0 Å². The quantitative estimate of drug-likeness (QED) is 0.0153. The van der Waals surface area contributed by atoms with Gasteiger partial charge in [-0.2, -0.15) is 0 Å². The first-order valence-electron chi connectivity index (χ1n) is 49.3. The second-order valence-corrected chi connectivity index (χ2v) is 41.2. The Labute approximate surface area is 817 Å². The Morgan fingerprint density at radius 3 is 0.773 bits per heavy atom. The van der Waals surface area contributed by atoms with Crippen molar-refractivity contribution >= 4 is 62.8 Å².